The highest BCUT2D eigenvalue weighted by Crippen LogP contribution is 2.22. The van der Waals surface area contributed by atoms with Crippen molar-refractivity contribution >= 4 is 11.6 Å². The van der Waals surface area contributed by atoms with Gasteiger partial charge in [-0.1, -0.05) is 13.8 Å². The lowest BCUT2D eigenvalue weighted by Crippen LogP contribution is -2.28. The normalized spacial score (nSPS) is 10.7. The number of nitrogens with one attached hydrogen (secondary N) is 1. The fourth-order valence-corrected chi connectivity index (χ4v) is 1.96. The second kappa shape index (κ2) is 6.38. The summed E-state index contributed by atoms with van der Waals surface area (Å²) >= 11 is 0. The molecule has 0 fully saturated rings. The summed E-state index contributed by atoms with van der Waals surface area (Å²) in [5.41, 5.74) is 1.81. The van der Waals surface area contributed by atoms with Gasteiger partial charge in [-0.15, -0.1) is 0 Å². The molecule has 0 unspecified atom stereocenters. The number of carbonyl (C=O) groups excluding carboxylic acids is 1. The lowest BCUT2D eigenvalue weighted by atomic mass is 10.1. The van der Waals surface area contributed by atoms with Crippen LogP contribution in [0.15, 0.2) is 30.3 Å². The maximum atomic E-state index is 12.1. The van der Waals surface area contributed by atoms with Gasteiger partial charge in [0.1, 0.15) is 5.69 Å². The van der Waals surface area contributed by atoms with E-state index >= 15 is 0 Å². The molecule has 0 bridgehead atoms. The van der Waals surface area contributed by atoms with Crippen molar-refractivity contribution in [3.05, 3.63) is 46.1 Å². The zero-order valence-electron chi connectivity index (χ0n) is 12.7. The Morgan fingerprint density at radius 2 is 2.00 bits per heavy atom. The number of nitrogens with zero attached hydrogens (tertiary/aromatic N) is 3. The summed E-state index contributed by atoms with van der Waals surface area (Å²) in [5, 5.41) is 17.8. The van der Waals surface area contributed by atoms with Crippen molar-refractivity contribution in [1.29, 1.82) is 0 Å². The van der Waals surface area contributed by atoms with E-state index in [-0.39, 0.29) is 11.6 Å². The minimum absolute atomic E-state index is 0.0228. The van der Waals surface area contributed by atoms with Crippen LogP contribution < -0.4 is 5.32 Å². The maximum absolute atomic E-state index is 12.1. The molecule has 2 aromatic rings. The van der Waals surface area contributed by atoms with E-state index in [0.29, 0.717) is 23.9 Å². The van der Waals surface area contributed by atoms with Gasteiger partial charge >= 0.3 is 0 Å². The summed E-state index contributed by atoms with van der Waals surface area (Å²) in [6.07, 6.45) is 0. The Morgan fingerprint density at radius 1 is 1.36 bits per heavy atom. The van der Waals surface area contributed by atoms with Crippen LogP contribution in [0.4, 0.5) is 5.69 Å². The van der Waals surface area contributed by atoms with Crippen LogP contribution in [0, 0.1) is 16.0 Å². The second-order valence-electron chi connectivity index (χ2n) is 5.45. The summed E-state index contributed by atoms with van der Waals surface area (Å²) in [5.74, 6) is 0.184. The van der Waals surface area contributed by atoms with Crippen LogP contribution in [-0.4, -0.2) is 27.2 Å². The average Bonchev–Trinajstić information content (AvgIpc) is 2.87. The molecule has 1 aromatic heterocycles. The molecule has 0 aliphatic carbocycles. The Morgan fingerprint density at radius 3 is 2.55 bits per heavy atom. The number of hydrogen-bond donors (Lipinski definition) is 1. The predicted molar refractivity (Wildman–Crippen MR) is 82.5 cm³/mol. The molecule has 22 heavy (non-hydrogen) atoms. The van der Waals surface area contributed by atoms with Gasteiger partial charge in [-0.05, 0) is 24.1 Å². The number of nitro benzene ring substituents is 1. The number of aryl methyl sites for hydroxylation is 1. The number of aromatic nitrogens is 2. The maximum Gasteiger partial charge on any atom is 0.269 e. The standard InChI is InChI=1S/C15H18N4O3/c1-10(2)9-16-15(20)14-8-13(17-18(14)3)11-4-6-12(7-5-11)19(21)22/h4-8,10H,9H2,1-3H3,(H,16,20). The van der Waals surface area contributed by atoms with Crippen molar-refractivity contribution in [2.75, 3.05) is 6.54 Å². The summed E-state index contributed by atoms with van der Waals surface area (Å²) in [4.78, 5) is 22.3. The first-order valence-electron chi connectivity index (χ1n) is 6.95. The lowest BCUT2D eigenvalue weighted by molar-refractivity contribution is -0.384. The van der Waals surface area contributed by atoms with Crippen LogP contribution in [0.5, 0.6) is 0 Å². The van der Waals surface area contributed by atoms with Crippen LogP contribution in [0.3, 0.4) is 0 Å². The largest absolute Gasteiger partial charge is 0.350 e. The molecule has 0 aliphatic heterocycles. The third-order valence-corrected chi connectivity index (χ3v) is 3.16. The molecule has 7 nitrogen and oxygen atoms in total. The monoisotopic (exact) mass is 302 g/mol. The number of amides is 1. The van der Waals surface area contributed by atoms with Gasteiger partial charge < -0.3 is 5.32 Å². The van der Waals surface area contributed by atoms with Crippen molar-refractivity contribution in [3.8, 4) is 11.3 Å². The minimum Gasteiger partial charge on any atom is -0.350 e. The van der Waals surface area contributed by atoms with E-state index in [1.807, 2.05) is 13.8 Å². The number of non-ortho nitro benzene ring substituents is 1. The molecule has 0 saturated heterocycles. The highest BCUT2D eigenvalue weighted by molar-refractivity contribution is 5.93. The van der Waals surface area contributed by atoms with Crippen molar-refractivity contribution in [3.63, 3.8) is 0 Å². The van der Waals surface area contributed by atoms with Crippen LogP contribution in [0.2, 0.25) is 0 Å². The molecular weight excluding hydrogens is 284 g/mol. The molecule has 1 amide bonds. The van der Waals surface area contributed by atoms with Crippen molar-refractivity contribution in [2.45, 2.75) is 13.8 Å². The van der Waals surface area contributed by atoms with Crippen LogP contribution in [-0.2, 0) is 7.05 Å². The number of nitro groups is 1. The van der Waals surface area contributed by atoms with E-state index in [4.69, 9.17) is 0 Å². The molecule has 0 atom stereocenters. The molecule has 0 spiro atoms. The molecule has 116 valence electrons. The molecule has 1 N–H and O–H groups in total. The highest BCUT2D eigenvalue weighted by Gasteiger charge is 2.15. The SMILES string of the molecule is CC(C)CNC(=O)c1cc(-c2ccc([N+](=O)[O-])cc2)nn1C. The molecule has 1 aromatic carbocycles. The van der Waals surface area contributed by atoms with Gasteiger partial charge in [0.15, 0.2) is 0 Å². The Kier molecular flexibility index (Phi) is 4.55. The number of benzene rings is 1. The summed E-state index contributed by atoms with van der Waals surface area (Å²) in [6.45, 7) is 4.63. The molecule has 2 rings (SSSR count). The molecule has 0 radical (unpaired) electrons. The molecule has 0 aliphatic rings. The third-order valence-electron chi connectivity index (χ3n) is 3.16. The first-order chi connectivity index (χ1) is 10.4. The summed E-state index contributed by atoms with van der Waals surface area (Å²) < 4.78 is 1.51. The van der Waals surface area contributed by atoms with Gasteiger partial charge in [0.25, 0.3) is 11.6 Å². The quantitative estimate of drug-likeness (QED) is 0.678. The van der Waals surface area contributed by atoms with Crippen LogP contribution in [0.25, 0.3) is 11.3 Å². The Balaban J connectivity index is 2.21. The summed E-state index contributed by atoms with van der Waals surface area (Å²) in [7, 11) is 1.69. The van der Waals surface area contributed by atoms with Gasteiger partial charge in [-0.25, -0.2) is 0 Å². The lowest BCUT2D eigenvalue weighted by Gasteiger charge is -2.06. The van der Waals surface area contributed by atoms with E-state index < -0.39 is 4.92 Å². The fourth-order valence-electron chi connectivity index (χ4n) is 1.96. The first-order valence-corrected chi connectivity index (χ1v) is 6.95. The van der Waals surface area contributed by atoms with Crippen LogP contribution >= 0.6 is 0 Å². The number of carbonyl (C=O) groups is 1. The number of rotatable bonds is 5. The van der Waals surface area contributed by atoms with Crippen molar-refractivity contribution in [1.82, 2.24) is 15.1 Å². The van der Waals surface area contributed by atoms with Gasteiger partial charge in [0.2, 0.25) is 0 Å². The minimum atomic E-state index is -0.451. The van der Waals surface area contributed by atoms with E-state index in [9.17, 15) is 14.9 Å². The van der Waals surface area contributed by atoms with Gasteiger partial charge in [-0.2, -0.15) is 5.10 Å². The van der Waals surface area contributed by atoms with Crippen LogP contribution in [0.1, 0.15) is 24.3 Å². The molecule has 7 heteroatoms. The van der Waals surface area contributed by atoms with E-state index in [0.717, 1.165) is 5.56 Å². The summed E-state index contributed by atoms with van der Waals surface area (Å²) in [6, 6.07) is 7.76. The zero-order chi connectivity index (χ0) is 16.3. The van der Waals surface area contributed by atoms with Gasteiger partial charge in [0, 0.05) is 31.3 Å². The molecule has 1 heterocycles. The Hall–Kier alpha value is -2.70. The number of hydrogen-bond acceptors (Lipinski definition) is 4. The third kappa shape index (κ3) is 3.49. The van der Waals surface area contributed by atoms with Crippen molar-refractivity contribution in [2.24, 2.45) is 13.0 Å². The molecule has 0 saturated carbocycles. The van der Waals surface area contributed by atoms with Crippen molar-refractivity contribution < 1.29 is 9.72 Å². The van der Waals surface area contributed by atoms with E-state index in [2.05, 4.69) is 10.4 Å². The predicted octanol–water partition coefficient (Wildman–Crippen LogP) is 2.38. The second-order valence-corrected chi connectivity index (χ2v) is 5.45. The zero-order valence-corrected chi connectivity index (χ0v) is 12.7. The van der Waals surface area contributed by atoms with Gasteiger partial charge in [0.05, 0.1) is 10.6 Å². The van der Waals surface area contributed by atoms with E-state index in [1.54, 1.807) is 25.2 Å². The fraction of sp³-hybridized carbons (Fsp3) is 0.333. The smallest absolute Gasteiger partial charge is 0.269 e. The Bertz CT molecular complexity index is 689. The highest BCUT2D eigenvalue weighted by atomic mass is 16.6. The molecular formula is C15H18N4O3. The topological polar surface area (TPSA) is 90.1 Å². The Labute approximate surface area is 128 Å². The van der Waals surface area contributed by atoms with E-state index in [1.165, 1.54) is 16.8 Å². The van der Waals surface area contributed by atoms with Gasteiger partial charge in [-0.3, -0.25) is 19.6 Å². The average molecular weight is 302 g/mol. The first kappa shape index (κ1) is 15.7.